The lowest BCUT2D eigenvalue weighted by Gasteiger charge is -2.07. The van der Waals surface area contributed by atoms with Gasteiger partial charge in [0.2, 0.25) is 0 Å². The van der Waals surface area contributed by atoms with Gasteiger partial charge in [-0.25, -0.2) is 4.39 Å². The highest BCUT2D eigenvalue weighted by atomic mass is 19.3. The van der Waals surface area contributed by atoms with Crippen molar-refractivity contribution in [1.82, 2.24) is 0 Å². The standard InChI is InChI=1S/C13H9F3/c1-8-6-7-9-4-2-3-5-10(9)11(8)12(14)13(15)16/h2-7H,1H3. The molecular weight excluding hydrogens is 213 g/mol. The second-order valence-electron chi connectivity index (χ2n) is 3.55. The molecular formula is C13H9F3. The van der Waals surface area contributed by atoms with E-state index in [2.05, 4.69) is 0 Å². The van der Waals surface area contributed by atoms with Gasteiger partial charge in [0.25, 0.3) is 0 Å². The largest absolute Gasteiger partial charge is 0.306 e. The predicted molar refractivity (Wildman–Crippen MR) is 58.9 cm³/mol. The SMILES string of the molecule is Cc1ccc2ccccc2c1C(F)=C(F)F. The molecule has 0 spiro atoms. The molecule has 0 nitrogen and oxygen atoms in total. The van der Waals surface area contributed by atoms with Gasteiger partial charge >= 0.3 is 6.08 Å². The summed E-state index contributed by atoms with van der Waals surface area (Å²) in [5, 5.41) is 1.26. The molecule has 0 fully saturated rings. The lowest BCUT2D eigenvalue weighted by atomic mass is 9.99. The van der Waals surface area contributed by atoms with Crippen LogP contribution in [-0.4, -0.2) is 0 Å². The van der Waals surface area contributed by atoms with Crippen molar-refractivity contribution >= 4 is 16.6 Å². The van der Waals surface area contributed by atoms with Crippen LogP contribution in [-0.2, 0) is 0 Å². The van der Waals surface area contributed by atoms with Gasteiger partial charge in [0.15, 0.2) is 5.83 Å². The summed E-state index contributed by atoms with van der Waals surface area (Å²) in [7, 11) is 0. The van der Waals surface area contributed by atoms with Gasteiger partial charge in [-0.1, -0.05) is 36.4 Å². The van der Waals surface area contributed by atoms with E-state index in [-0.39, 0.29) is 5.56 Å². The highest BCUT2D eigenvalue weighted by Gasteiger charge is 2.14. The van der Waals surface area contributed by atoms with E-state index in [1.165, 1.54) is 0 Å². The maximum Gasteiger partial charge on any atom is 0.306 e. The Labute approximate surface area is 91.0 Å². The summed E-state index contributed by atoms with van der Waals surface area (Å²) >= 11 is 0. The number of hydrogen-bond acceptors (Lipinski definition) is 0. The Morgan fingerprint density at radius 2 is 1.62 bits per heavy atom. The van der Waals surface area contributed by atoms with Crippen molar-refractivity contribution in [2.45, 2.75) is 6.92 Å². The van der Waals surface area contributed by atoms with Gasteiger partial charge in [0.05, 0.1) is 0 Å². The molecule has 0 radical (unpaired) electrons. The highest BCUT2D eigenvalue weighted by molar-refractivity contribution is 5.93. The first-order valence-corrected chi connectivity index (χ1v) is 4.80. The zero-order chi connectivity index (χ0) is 11.7. The summed E-state index contributed by atoms with van der Waals surface area (Å²) in [6, 6.07) is 10.3. The van der Waals surface area contributed by atoms with Gasteiger partial charge in [-0.05, 0) is 23.3 Å². The van der Waals surface area contributed by atoms with Gasteiger partial charge in [0.1, 0.15) is 0 Å². The number of hydrogen-bond donors (Lipinski definition) is 0. The molecule has 2 rings (SSSR count). The summed E-state index contributed by atoms with van der Waals surface area (Å²) in [6.45, 7) is 1.62. The molecule has 0 heterocycles. The summed E-state index contributed by atoms with van der Waals surface area (Å²) in [5.41, 5.74) is 0.488. The Bertz CT molecular complexity index is 566. The highest BCUT2D eigenvalue weighted by Crippen LogP contribution is 2.31. The lowest BCUT2D eigenvalue weighted by Crippen LogP contribution is -1.88. The molecule has 0 saturated heterocycles. The normalized spacial score (nSPS) is 10.5. The third-order valence-electron chi connectivity index (χ3n) is 2.52. The first-order chi connectivity index (χ1) is 7.61. The Hall–Kier alpha value is -1.77. The third kappa shape index (κ3) is 1.69. The van der Waals surface area contributed by atoms with Crippen molar-refractivity contribution in [1.29, 1.82) is 0 Å². The summed E-state index contributed by atoms with van der Waals surface area (Å²) in [5.74, 6) is -1.44. The topological polar surface area (TPSA) is 0 Å². The fourth-order valence-electron chi connectivity index (χ4n) is 1.77. The van der Waals surface area contributed by atoms with Crippen LogP contribution in [0.1, 0.15) is 11.1 Å². The molecule has 0 amide bonds. The number of benzene rings is 2. The van der Waals surface area contributed by atoms with Gasteiger partial charge in [-0.3, -0.25) is 0 Å². The van der Waals surface area contributed by atoms with E-state index in [1.807, 2.05) is 0 Å². The molecule has 2 aromatic rings. The monoisotopic (exact) mass is 222 g/mol. The van der Waals surface area contributed by atoms with Crippen molar-refractivity contribution in [3.63, 3.8) is 0 Å². The van der Waals surface area contributed by atoms with Crippen LogP contribution in [0.4, 0.5) is 13.2 Å². The summed E-state index contributed by atoms with van der Waals surface area (Å²) in [6.07, 6.45) is -2.28. The van der Waals surface area contributed by atoms with Crippen LogP contribution in [0.5, 0.6) is 0 Å². The van der Waals surface area contributed by atoms with Crippen LogP contribution >= 0.6 is 0 Å². The first-order valence-electron chi connectivity index (χ1n) is 4.80. The molecule has 0 N–H and O–H groups in total. The molecule has 0 bridgehead atoms. The lowest BCUT2D eigenvalue weighted by molar-refractivity contribution is 0.410. The molecule has 0 aliphatic heterocycles. The van der Waals surface area contributed by atoms with Crippen molar-refractivity contribution in [3.8, 4) is 0 Å². The minimum Gasteiger partial charge on any atom is -0.200 e. The Balaban J connectivity index is 2.86. The van der Waals surface area contributed by atoms with Crippen molar-refractivity contribution in [2.75, 3.05) is 0 Å². The molecule has 0 unspecified atom stereocenters. The summed E-state index contributed by atoms with van der Waals surface area (Å²) < 4.78 is 38.0. The zero-order valence-electron chi connectivity index (χ0n) is 8.60. The maximum atomic E-state index is 13.4. The van der Waals surface area contributed by atoms with Crippen molar-refractivity contribution < 1.29 is 13.2 Å². The molecule has 0 aliphatic rings. The average molecular weight is 222 g/mol. The Kier molecular flexibility index (Phi) is 2.69. The zero-order valence-corrected chi connectivity index (χ0v) is 8.60. The molecule has 0 saturated carbocycles. The van der Waals surface area contributed by atoms with E-state index < -0.39 is 11.9 Å². The fourth-order valence-corrected chi connectivity index (χ4v) is 1.77. The molecule has 2 aromatic carbocycles. The van der Waals surface area contributed by atoms with Crippen LogP contribution < -0.4 is 0 Å². The third-order valence-corrected chi connectivity index (χ3v) is 2.52. The Morgan fingerprint density at radius 3 is 2.31 bits per heavy atom. The molecule has 3 heteroatoms. The smallest absolute Gasteiger partial charge is 0.200 e. The van der Waals surface area contributed by atoms with Crippen LogP contribution in [0.15, 0.2) is 42.5 Å². The number of rotatable bonds is 1. The number of halogens is 3. The van der Waals surface area contributed by atoms with Gasteiger partial charge in [-0.15, -0.1) is 0 Å². The van der Waals surface area contributed by atoms with Crippen molar-refractivity contribution in [2.24, 2.45) is 0 Å². The quantitative estimate of drug-likeness (QED) is 0.657. The van der Waals surface area contributed by atoms with Crippen LogP contribution in [0, 0.1) is 6.92 Å². The first kappa shape index (κ1) is 10.7. The molecule has 82 valence electrons. The van der Waals surface area contributed by atoms with Crippen LogP contribution in [0.25, 0.3) is 16.6 Å². The molecule has 0 aliphatic carbocycles. The minimum atomic E-state index is -2.28. The van der Waals surface area contributed by atoms with E-state index in [0.717, 1.165) is 5.39 Å². The average Bonchev–Trinajstić information content (AvgIpc) is 2.28. The maximum absolute atomic E-state index is 13.4. The van der Waals surface area contributed by atoms with E-state index >= 15 is 0 Å². The molecule has 0 atom stereocenters. The van der Waals surface area contributed by atoms with E-state index in [1.54, 1.807) is 43.3 Å². The molecule has 0 aromatic heterocycles. The van der Waals surface area contributed by atoms with E-state index in [0.29, 0.717) is 10.9 Å². The Morgan fingerprint density at radius 1 is 0.938 bits per heavy atom. The van der Waals surface area contributed by atoms with Gasteiger partial charge in [0, 0.05) is 5.56 Å². The number of aryl methyl sites for hydroxylation is 1. The van der Waals surface area contributed by atoms with Crippen molar-refractivity contribution in [3.05, 3.63) is 53.6 Å². The van der Waals surface area contributed by atoms with Crippen LogP contribution in [0.3, 0.4) is 0 Å². The van der Waals surface area contributed by atoms with E-state index in [9.17, 15) is 13.2 Å². The molecule has 16 heavy (non-hydrogen) atoms. The fraction of sp³-hybridized carbons (Fsp3) is 0.0769. The minimum absolute atomic E-state index is 0.0156. The number of fused-ring (bicyclic) bond motifs is 1. The second-order valence-corrected chi connectivity index (χ2v) is 3.55. The van der Waals surface area contributed by atoms with Gasteiger partial charge in [-0.2, -0.15) is 8.78 Å². The van der Waals surface area contributed by atoms with Gasteiger partial charge < -0.3 is 0 Å². The van der Waals surface area contributed by atoms with Crippen LogP contribution in [0.2, 0.25) is 0 Å². The second kappa shape index (κ2) is 4.00. The summed E-state index contributed by atoms with van der Waals surface area (Å²) in [4.78, 5) is 0. The van der Waals surface area contributed by atoms with E-state index in [4.69, 9.17) is 0 Å². The predicted octanol–water partition coefficient (Wildman–Crippen LogP) is 4.68.